The summed E-state index contributed by atoms with van der Waals surface area (Å²) in [6.45, 7) is 2.06. The van der Waals surface area contributed by atoms with Gasteiger partial charge in [-0.2, -0.15) is 0 Å². The molecule has 0 aliphatic carbocycles. The van der Waals surface area contributed by atoms with E-state index in [1.807, 2.05) is 13.0 Å². The van der Waals surface area contributed by atoms with Crippen LogP contribution in [0.15, 0.2) is 18.2 Å². The molecule has 2 N–H and O–H groups in total. The summed E-state index contributed by atoms with van der Waals surface area (Å²) in [7, 11) is -3.08. The molecule has 0 atom stereocenters. The number of nitrogen functional groups attached to an aromatic ring is 1. The van der Waals surface area contributed by atoms with Gasteiger partial charge in [0.25, 0.3) is 0 Å². The van der Waals surface area contributed by atoms with Crippen LogP contribution < -0.4 is 10.6 Å². The molecule has 1 aromatic carbocycles. The summed E-state index contributed by atoms with van der Waals surface area (Å²) in [4.78, 5) is 13.6. The SMILES string of the molecule is CCCS(=O)(=O)CCN1C(=O)CCc2cc(N)ccc21. The Morgan fingerprint density at radius 2 is 2.00 bits per heavy atom. The van der Waals surface area contributed by atoms with Crippen LogP contribution in [0, 0.1) is 0 Å². The van der Waals surface area contributed by atoms with Crippen molar-refractivity contribution in [2.75, 3.05) is 28.7 Å². The summed E-state index contributed by atoms with van der Waals surface area (Å²) in [5.41, 5.74) is 8.21. The van der Waals surface area contributed by atoms with E-state index in [0.717, 1.165) is 11.3 Å². The number of aryl methyl sites for hydroxylation is 1. The smallest absolute Gasteiger partial charge is 0.227 e. The predicted octanol–water partition coefficient (Wildman–Crippen LogP) is 1.37. The van der Waals surface area contributed by atoms with Gasteiger partial charge in [0.05, 0.1) is 5.75 Å². The van der Waals surface area contributed by atoms with E-state index < -0.39 is 9.84 Å². The first-order valence-electron chi connectivity index (χ1n) is 6.82. The van der Waals surface area contributed by atoms with Crippen molar-refractivity contribution in [1.29, 1.82) is 0 Å². The molecule has 0 fully saturated rings. The van der Waals surface area contributed by atoms with Crippen LogP contribution in [0.1, 0.15) is 25.3 Å². The number of nitrogens with zero attached hydrogens (tertiary/aromatic N) is 1. The zero-order valence-corrected chi connectivity index (χ0v) is 12.4. The van der Waals surface area contributed by atoms with Crippen LogP contribution in [-0.2, 0) is 21.1 Å². The number of anilines is 2. The monoisotopic (exact) mass is 296 g/mol. The molecule has 6 heteroatoms. The Balaban J connectivity index is 2.18. The number of sulfone groups is 1. The number of carbonyl (C=O) groups excluding carboxylic acids is 1. The van der Waals surface area contributed by atoms with Crippen molar-refractivity contribution in [3.8, 4) is 0 Å². The molecule has 0 saturated heterocycles. The fraction of sp³-hybridized carbons (Fsp3) is 0.500. The minimum atomic E-state index is -3.08. The highest BCUT2D eigenvalue weighted by Gasteiger charge is 2.25. The van der Waals surface area contributed by atoms with E-state index in [0.29, 0.717) is 24.9 Å². The average Bonchev–Trinajstić information content (AvgIpc) is 2.37. The van der Waals surface area contributed by atoms with E-state index >= 15 is 0 Å². The second kappa shape index (κ2) is 5.83. The van der Waals surface area contributed by atoms with Gasteiger partial charge in [-0.05, 0) is 36.6 Å². The van der Waals surface area contributed by atoms with E-state index in [4.69, 9.17) is 5.73 Å². The summed E-state index contributed by atoms with van der Waals surface area (Å²) >= 11 is 0. The highest BCUT2D eigenvalue weighted by atomic mass is 32.2. The predicted molar refractivity (Wildman–Crippen MR) is 80.5 cm³/mol. The normalized spacial score (nSPS) is 15.2. The summed E-state index contributed by atoms with van der Waals surface area (Å²) in [6.07, 6.45) is 1.67. The van der Waals surface area contributed by atoms with Crippen LogP contribution in [0.3, 0.4) is 0 Å². The third-order valence-corrected chi connectivity index (χ3v) is 5.28. The van der Waals surface area contributed by atoms with E-state index in [-0.39, 0.29) is 24.0 Å². The van der Waals surface area contributed by atoms with Gasteiger partial charge in [0.2, 0.25) is 5.91 Å². The molecule has 1 aliphatic heterocycles. The lowest BCUT2D eigenvalue weighted by molar-refractivity contribution is -0.118. The number of carbonyl (C=O) groups is 1. The summed E-state index contributed by atoms with van der Waals surface area (Å²) in [5.74, 6) is 0.161. The van der Waals surface area contributed by atoms with Crippen molar-refractivity contribution in [3.05, 3.63) is 23.8 Å². The summed E-state index contributed by atoms with van der Waals surface area (Å²) < 4.78 is 23.6. The average molecular weight is 296 g/mol. The van der Waals surface area contributed by atoms with Crippen LogP contribution in [-0.4, -0.2) is 32.4 Å². The largest absolute Gasteiger partial charge is 0.399 e. The molecular weight excluding hydrogens is 276 g/mol. The van der Waals surface area contributed by atoms with Gasteiger partial charge in [-0.15, -0.1) is 0 Å². The number of benzene rings is 1. The van der Waals surface area contributed by atoms with Crippen molar-refractivity contribution < 1.29 is 13.2 Å². The molecule has 0 radical (unpaired) electrons. The zero-order chi connectivity index (χ0) is 14.8. The third kappa shape index (κ3) is 3.30. The third-order valence-electron chi connectivity index (χ3n) is 3.44. The van der Waals surface area contributed by atoms with Gasteiger partial charge in [-0.25, -0.2) is 8.42 Å². The highest BCUT2D eigenvalue weighted by molar-refractivity contribution is 7.91. The van der Waals surface area contributed by atoms with Crippen LogP contribution in [0.5, 0.6) is 0 Å². The Morgan fingerprint density at radius 1 is 1.25 bits per heavy atom. The Bertz CT molecular complexity index is 611. The lowest BCUT2D eigenvalue weighted by Crippen LogP contribution is -2.38. The molecule has 0 spiro atoms. The minimum absolute atomic E-state index is 0.0103. The standard InChI is InChI=1S/C14H20N2O3S/c1-2-8-20(18,19)9-7-16-13-5-4-12(15)10-11(13)3-6-14(16)17/h4-5,10H,2-3,6-9,15H2,1H3. The highest BCUT2D eigenvalue weighted by Crippen LogP contribution is 2.29. The molecule has 0 aromatic heterocycles. The fourth-order valence-electron chi connectivity index (χ4n) is 2.47. The van der Waals surface area contributed by atoms with Crippen LogP contribution in [0.4, 0.5) is 11.4 Å². The molecule has 1 aliphatic rings. The molecule has 110 valence electrons. The number of hydrogen-bond donors (Lipinski definition) is 1. The number of rotatable bonds is 5. The molecule has 2 rings (SSSR count). The molecule has 1 aromatic rings. The van der Waals surface area contributed by atoms with Crippen LogP contribution in [0.25, 0.3) is 0 Å². The number of fused-ring (bicyclic) bond motifs is 1. The van der Waals surface area contributed by atoms with Crippen LogP contribution in [0.2, 0.25) is 0 Å². The van der Waals surface area contributed by atoms with Gasteiger partial charge in [0.15, 0.2) is 9.84 Å². The molecule has 0 bridgehead atoms. The van der Waals surface area contributed by atoms with E-state index in [1.54, 1.807) is 17.0 Å². The quantitative estimate of drug-likeness (QED) is 0.832. The Kier molecular flexibility index (Phi) is 4.32. The van der Waals surface area contributed by atoms with Crippen molar-refractivity contribution in [3.63, 3.8) is 0 Å². The van der Waals surface area contributed by atoms with Crippen LogP contribution >= 0.6 is 0 Å². The maximum atomic E-state index is 12.0. The number of amides is 1. The van der Waals surface area contributed by atoms with Crippen molar-refractivity contribution in [2.24, 2.45) is 0 Å². The van der Waals surface area contributed by atoms with Crippen molar-refractivity contribution >= 4 is 27.1 Å². The van der Waals surface area contributed by atoms with Gasteiger partial charge in [0, 0.05) is 30.1 Å². The molecule has 0 saturated carbocycles. The Labute approximate surface area is 119 Å². The van der Waals surface area contributed by atoms with E-state index in [9.17, 15) is 13.2 Å². The Hall–Kier alpha value is -1.56. The lowest BCUT2D eigenvalue weighted by atomic mass is 10.0. The first-order chi connectivity index (χ1) is 9.43. The maximum absolute atomic E-state index is 12.0. The number of hydrogen-bond acceptors (Lipinski definition) is 4. The fourth-order valence-corrected chi connectivity index (χ4v) is 3.76. The molecule has 1 amide bonds. The first-order valence-corrected chi connectivity index (χ1v) is 8.64. The molecule has 0 unspecified atom stereocenters. The van der Waals surface area contributed by atoms with Gasteiger partial charge in [-0.1, -0.05) is 6.92 Å². The molecule has 1 heterocycles. The second-order valence-corrected chi connectivity index (χ2v) is 7.39. The van der Waals surface area contributed by atoms with E-state index in [1.165, 1.54) is 0 Å². The van der Waals surface area contributed by atoms with E-state index in [2.05, 4.69) is 0 Å². The second-order valence-electron chi connectivity index (χ2n) is 5.09. The van der Waals surface area contributed by atoms with Gasteiger partial charge in [-0.3, -0.25) is 4.79 Å². The summed E-state index contributed by atoms with van der Waals surface area (Å²) in [6, 6.07) is 5.40. The molecule has 20 heavy (non-hydrogen) atoms. The Morgan fingerprint density at radius 3 is 2.70 bits per heavy atom. The van der Waals surface area contributed by atoms with Gasteiger partial charge >= 0.3 is 0 Å². The maximum Gasteiger partial charge on any atom is 0.227 e. The molecular formula is C14H20N2O3S. The summed E-state index contributed by atoms with van der Waals surface area (Å²) in [5, 5.41) is 0. The number of nitrogens with two attached hydrogens (primary N) is 1. The molecule has 5 nitrogen and oxygen atoms in total. The minimum Gasteiger partial charge on any atom is -0.399 e. The van der Waals surface area contributed by atoms with Crippen molar-refractivity contribution in [1.82, 2.24) is 0 Å². The van der Waals surface area contributed by atoms with Gasteiger partial charge in [0.1, 0.15) is 0 Å². The zero-order valence-electron chi connectivity index (χ0n) is 11.6. The lowest BCUT2D eigenvalue weighted by Gasteiger charge is -2.29. The first kappa shape index (κ1) is 14.8. The van der Waals surface area contributed by atoms with Gasteiger partial charge < -0.3 is 10.6 Å². The van der Waals surface area contributed by atoms with Crippen molar-refractivity contribution in [2.45, 2.75) is 26.2 Å². The topological polar surface area (TPSA) is 80.5 Å².